The summed E-state index contributed by atoms with van der Waals surface area (Å²) in [6, 6.07) is 21.8. The summed E-state index contributed by atoms with van der Waals surface area (Å²) < 4.78 is 2.46. The molecule has 0 saturated heterocycles. The van der Waals surface area contributed by atoms with Crippen LogP contribution in [0.4, 0.5) is 11.5 Å². The molecule has 0 N–H and O–H groups in total. The molecule has 2 aromatic carbocycles. The summed E-state index contributed by atoms with van der Waals surface area (Å²) in [5.74, 6) is 1.63. The van der Waals surface area contributed by atoms with E-state index in [2.05, 4.69) is 72.7 Å². The van der Waals surface area contributed by atoms with Crippen LogP contribution in [0.1, 0.15) is 18.1 Å². The highest BCUT2D eigenvalue weighted by Gasteiger charge is 2.23. The van der Waals surface area contributed by atoms with Crippen LogP contribution in [0.5, 0.6) is 0 Å². The predicted molar refractivity (Wildman–Crippen MR) is 121 cm³/mol. The standard InChI is InChI=1S/C24H27N3S/c1-17-7-5-8-21(14-17)28-27-16-18(2)13-20-12-11-19(15-23(20)27)22-9-6-10-24(25-22)26(3)4/h5-12,14-15,18H,13,16H2,1-4H3/t18-/m1/s1. The zero-order valence-electron chi connectivity index (χ0n) is 17.0. The second-order valence-corrected chi connectivity index (χ2v) is 8.99. The Morgan fingerprint density at radius 1 is 1.04 bits per heavy atom. The molecule has 3 aromatic rings. The van der Waals surface area contributed by atoms with E-state index in [0.29, 0.717) is 5.92 Å². The van der Waals surface area contributed by atoms with E-state index in [4.69, 9.17) is 4.98 Å². The van der Waals surface area contributed by atoms with Crippen LogP contribution in [0.2, 0.25) is 0 Å². The Morgan fingerprint density at radius 2 is 1.86 bits per heavy atom. The zero-order valence-corrected chi connectivity index (χ0v) is 17.8. The fourth-order valence-corrected chi connectivity index (χ4v) is 4.90. The topological polar surface area (TPSA) is 19.4 Å². The average molecular weight is 390 g/mol. The van der Waals surface area contributed by atoms with Gasteiger partial charge in [0.05, 0.1) is 11.4 Å². The molecule has 0 amide bonds. The molecule has 2 heterocycles. The molecule has 1 aliphatic heterocycles. The van der Waals surface area contributed by atoms with E-state index in [1.807, 2.05) is 37.0 Å². The maximum Gasteiger partial charge on any atom is 0.128 e. The minimum atomic E-state index is 0.644. The SMILES string of the molecule is Cc1cccc(SN2C[C@H](C)Cc3ccc(-c4cccc(N(C)C)n4)cc32)c1. The molecule has 1 atom stereocenters. The zero-order chi connectivity index (χ0) is 19.7. The molecule has 4 rings (SSSR count). The van der Waals surface area contributed by atoms with Gasteiger partial charge in [0, 0.05) is 31.1 Å². The Bertz CT molecular complexity index is 983. The Hall–Kier alpha value is -2.46. The molecular formula is C24H27N3S. The van der Waals surface area contributed by atoms with Crippen LogP contribution < -0.4 is 9.21 Å². The second kappa shape index (κ2) is 7.88. The quantitative estimate of drug-likeness (QED) is 0.523. The summed E-state index contributed by atoms with van der Waals surface area (Å²) in [7, 11) is 4.06. The third-order valence-corrected chi connectivity index (χ3v) is 6.12. The number of hydrogen-bond acceptors (Lipinski definition) is 4. The van der Waals surface area contributed by atoms with E-state index in [9.17, 15) is 0 Å². The van der Waals surface area contributed by atoms with Crippen LogP contribution in [-0.2, 0) is 6.42 Å². The summed E-state index contributed by atoms with van der Waals surface area (Å²) in [4.78, 5) is 8.16. The predicted octanol–water partition coefficient (Wildman–Crippen LogP) is 5.83. The molecule has 0 fully saturated rings. The second-order valence-electron chi connectivity index (χ2n) is 7.90. The summed E-state index contributed by atoms with van der Waals surface area (Å²) in [5.41, 5.74) is 6.24. The molecule has 4 heteroatoms. The van der Waals surface area contributed by atoms with Gasteiger partial charge in [-0.3, -0.25) is 0 Å². The van der Waals surface area contributed by atoms with Gasteiger partial charge in [-0.1, -0.05) is 37.3 Å². The van der Waals surface area contributed by atoms with Crippen LogP contribution in [0.3, 0.4) is 0 Å². The van der Waals surface area contributed by atoms with Gasteiger partial charge in [0.1, 0.15) is 5.82 Å². The van der Waals surface area contributed by atoms with Gasteiger partial charge in [0.25, 0.3) is 0 Å². The minimum Gasteiger partial charge on any atom is -0.363 e. The normalized spacial score (nSPS) is 16.0. The van der Waals surface area contributed by atoms with E-state index in [0.717, 1.165) is 24.5 Å². The van der Waals surface area contributed by atoms with Gasteiger partial charge in [-0.15, -0.1) is 0 Å². The van der Waals surface area contributed by atoms with Gasteiger partial charge in [0.15, 0.2) is 0 Å². The molecule has 3 nitrogen and oxygen atoms in total. The van der Waals surface area contributed by atoms with Crippen molar-refractivity contribution < 1.29 is 0 Å². The molecule has 1 aromatic heterocycles. The number of rotatable bonds is 4. The molecule has 1 aliphatic rings. The Balaban J connectivity index is 1.70. The first-order valence-electron chi connectivity index (χ1n) is 9.79. The average Bonchev–Trinajstić information content (AvgIpc) is 2.68. The van der Waals surface area contributed by atoms with Gasteiger partial charge < -0.3 is 9.21 Å². The maximum absolute atomic E-state index is 4.83. The van der Waals surface area contributed by atoms with Crippen molar-refractivity contribution in [1.82, 2.24) is 4.98 Å². The van der Waals surface area contributed by atoms with Gasteiger partial charge in [0.2, 0.25) is 0 Å². The van der Waals surface area contributed by atoms with Crippen molar-refractivity contribution in [3.05, 3.63) is 71.8 Å². The van der Waals surface area contributed by atoms with Crippen molar-refractivity contribution in [3.63, 3.8) is 0 Å². The van der Waals surface area contributed by atoms with Gasteiger partial charge >= 0.3 is 0 Å². The Labute approximate surface area is 172 Å². The summed E-state index contributed by atoms with van der Waals surface area (Å²) in [6.45, 7) is 5.54. The number of aromatic nitrogens is 1. The number of nitrogens with zero attached hydrogens (tertiary/aromatic N) is 3. The molecule has 0 aliphatic carbocycles. The lowest BCUT2D eigenvalue weighted by Gasteiger charge is -2.34. The molecule has 0 radical (unpaired) electrons. The molecule has 0 saturated carbocycles. The lowest BCUT2D eigenvalue weighted by atomic mass is 9.94. The third kappa shape index (κ3) is 4.02. The van der Waals surface area contributed by atoms with Crippen molar-refractivity contribution in [2.24, 2.45) is 5.92 Å². The molecule has 28 heavy (non-hydrogen) atoms. The van der Waals surface area contributed by atoms with Crippen LogP contribution in [-0.4, -0.2) is 25.6 Å². The fourth-order valence-electron chi connectivity index (χ4n) is 3.67. The van der Waals surface area contributed by atoms with Crippen molar-refractivity contribution in [3.8, 4) is 11.3 Å². The largest absolute Gasteiger partial charge is 0.363 e. The van der Waals surface area contributed by atoms with Crippen molar-refractivity contribution in [1.29, 1.82) is 0 Å². The lowest BCUT2D eigenvalue weighted by molar-refractivity contribution is 0.576. The van der Waals surface area contributed by atoms with E-state index in [-0.39, 0.29) is 0 Å². The van der Waals surface area contributed by atoms with Gasteiger partial charge in [-0.2, -0.15) is 0 Å². The highest BCUT2D eigenvalue weighted by molar-refractivity contribution is 8.00. The monoisotopic (exact) mass is 389 g/mol. The first-order chi connectivity index (χ1) is 13.5. The lowest BCUT2D eigenvalue weighted by Crippen LogP contribution is -2.28. The van der Waals surface area contributed by atoms with Crippen molar-refractivity contribution in [2.45, 2.75) is 25.2 Å². The number of pyridine rings is 1. The Kier molecular flexibility index (Phi) is 5.31. The van der Waals surface area contributed by atoms with Crippen LogP contribution >= 0.6 is 11.9 Å². The highest BCUT2D eigenvalue weighted by atomic mass is 32.2. The number of fused-ring (bicyclic) bond motifs is 1. The number of aryl methyl sites for hydroxylation is 1. The smallest absolute Gasteiger partial charge is 0.128 e. The van der Waals surface area contributed by atoms with E-state index in [1.54, 1.807) is 0 Å². The molecule has 0 spiro atoms. The van der Waals surface area contributed by atoms with E-state index in [1.165, 1.54) is 27.3 Å². The highest BCUT2D eigenvalue weighted by Crippen LogP contribution is 2.39. The Morgan fingerprint density at radius 3 is 2.64 bits per heavy atom. The third-order valence-electron chi connectivity index (χ3n) is 5.09. The van der Waals surface area contributed by atoms with Crippen LogP contribution in [0.15, 0.2) is 65.6 Å². The fraction of sp³-hybridized carbons (Fsp3) is 0.292. The first-order valence-corrected chi connectivity index (χ1v) is 10.6. The summed E-state index contributed by atoms with van der Waals surface area (Å²) in [6.07, 6.45) is 1.13. The molecular weight excluding hydrogens is 362 g/mol. The van der Waals surface area contributed by atoms with Crippen LogP contribution in [0, 0.1) is 12.8 Å². The number of benzene rings is 2. The summed E-state index contributed by atoms with van der Waals surface area (Å²) in [5, 5.41) is 0. The van der Waals surface area contributed by atoms with E-state index >= 15 is 0 Å². The summed E-state index contributed by atoms with van der Waals surface area (Å²) >= 11 is 1.84. The maximum atomic E-state index is 4.83. The first kappa shape index (κ1) is 18.9. The molecule has 0 unspecified atom stereocenters. The van der Waals surface area contributed by atoms with Crippen molar-refractivity contribution >= 4 is 23.5 Å². The number of hydrogen-bond donors (Lipinski definition) is 0. The van der Waals surface area contributed by atoms with Crippen LogP contribution in [0.25, 0.3) is 11.3 Å². The van der Waals surface area contributed by atoms with Gasteiger partial charge in [-0.25, -0.2) is 4.98 Å². The minimum absolute atomic E-state index is 0.644. The molecule has 0 bridgehead atoms. The van der Waals surface area contributed by atoms with Crippen molar-refractivity contribution in [2.75, 3.05) is 29.8 Å². The van der Waals surface area contributed by atoms with E-state index < -0.39 is 0 Å². The van der Waals surface area contributed by atoms with Gasteiger partial charge in [-0.05, 0) is 72.7 Å². The number of anilines is 2. The molecule has 144 valence electrons.